The number of nitrogens with one attached hydrogen (secondary N) is 2. The molecule has 9 heteroatoms. The SMILES string of the molecule is C[C@@H](NC(=O)[C@@]1(c2cc3c(F)c(F)ccc3[nH]c2=O)CC1(C)C)c1ncc(C#N)cn1. The maximum absolute atomic E-state index is 14.4. The van der Waals surface area contributed by atoms with Crippen LogP contribution in [0.2, 0.25) is 0 Å². The Morgan fingerprint density at radius 3 is 2.52 bits per heavy atom. The number of fused-ring (bicyclic) bond motifs is 1. The van der Waals surface area contributed by atoms with Crippen LogP contribution in [0, 0.1) is 28.4 Å². The zero-order valence-electron chi connectivity index (χ0n) is 17.1. The Kier molecular flexibility index (Phi) is 4.61. The van der Waals surface area contributed by atoms with Crippen LogP contribution in [0.25, 0.3) is 10.9 Å². The van der Waals surface area contributed by atoms with Crippen molar-refractivity contribution in [2.75, 3.05) is 0 Å². The number of carbonyl (C=O) groups is 1. The molecule has 2 atom stereocenters. The van der Waals surface area contributed by atoms with Gasteiger partial charge < -0.3 is 10.3 Å². The summed E-state index contributed by atoms with van der Waals surface area (Å²) < 4.78 is 28.1. The number of aromatic nitrogens is 3. The topological polar surface area (TPSA) is 112 Å². The molecule has 2 heterocycles. The molecule has 0 aliphatic heterocycles. The van der Waals surface area contributed by atoms with Gasteiger partial charge >= 0.3 is 0 Å². The molecule has 1 amide bonds. The molecule has 3 aromatic rings. The number of hydrogen-bond donors (Lipinski definition) is 2. The van der Waals surface area contributed by atoms with Crippen LogP contribution in [0.4, 0.5) is 8.78 Å². The van der Waals surface area contributed by atoms with E-state index >= 15 is 0 Å². The van der Waals surface area contributed by atoms with Gasteiger partial charge in [-0.25, -0.2) is 18.7 Å². The minimum Gasteiger partial charge on any atom is -0.346 e. The van der Waals surface area contributed by atoms with E-state index in [1.165, 1.54) is 24.5 Å². The van der Waals surface area contributed by atoms with Crippen molar-refractivity contribution in [2.24, 2.45) is 5.41 Å². The van der Waals surface area contributed by atoms with E-state index in [4.69, 9.17) is 5.26 Å². The number of nitriles is 1. The first-order valence-electron chi connectivity index (χ1n) is 9.65. The van der Waals surface area contributed by atoms with Gasteiger partial charge in [-0.3, -0.25) is 9.59 Å². The van der Waals surface area contributed by atoms with Gasteiger partial charge in [0.15, 0.2) is 11.6 Å². The number of rotatable bonds is 4. The fourth-order valence-corrected chi connectivity index (χ4v) is 4.13. The summed E-state index contributed by atoms with van der Waals surface area (Å²) in [5.41, 5.74) is -1.79. The highest BCUT2D eigenvalue weighted by Crippen LogP contribution is 2.64. The third kappa shape index (κ3) is 3.15. The average molecular weight is 423 g/mol. The summed E-state index contributed by atoms with van der Waals surface area (Å²) in [6, 6.07) is 4.82. The first-order chi connectivity index (χ1) is 14.6. The number of hydrogen-bond acceptors (Lipinski definition) is 5. The number of nitrogens with zero attached hydrogens (tertiary/aromatic N) is 3. The summed E-state index contributed by atoms with van der Waals surface area (Å²) in [6.07, 6.45) is 3.07. The van der Waals surface area contributed by atoms with Crippen LogP contribution in [0.5, 0.6) is 0 Å². The molecule has 0 unspecified atom stereocenters. The standard InChI is InChI=1S/C22H19F2N5O2/c1-11(18-26-8-12(7-25)9-27-18)28-20(31)22(10-21(22,2)3)14-6-13-16(29-19(14)30)5-4-15(23)17(13)24/h4-6,8-9,11H,10H2,1-3H3,(H,28,31)(H,29,30)/t11-,22+/m1/s1. The Labute approximate surface area is 176 Å². The van der Waals surface area contributed by atoms with E-state index in [-0.39, 0.29) is 16.5 Å². The predicted molar refractivity (Wildman–Crippen MR) is 108 cm³/mol. The summed E-state index contributed by atoms with van der Waals surface area (Å²) in [5.74, 6) is -2.24. The molecule has 7 nitrogen and oxygen atoms in total. The predicted octanol–water partition coefficient (Wildman–Crippen LogP) is 3.01. The van der Waals surface area contributed by atoms with Crippen LogP contribution in [0.15, 0.2) is 35.4 Å². The van der Waals surface area contributed by atoms with Gasteiger partial charge in [0.05, 0.1) is 22.5 Å². The Balaban J connectivity index is 1.74. The van der Waals surface area contributed by atoms with E-state index < -0.39 is 40.0 Å². The Morgan fingerprint density at radius 2 is 1.94 bits per heavy atom. The molecular formula is C22H19F2N5O2. The first-order valence-corrected chi connectivity index (χ1v) is 9.65. The van der Waals surface area contributed by atoms with Crippen molar-refractivity contribution >= 4 is 16.8 Å². The molecule has 1 aliphatic carbocycles. The maximum atomic E-state index is 14.4. The number of benzene rings is 1. The van der Waals surface area contributed by atoms with Crippen LogP contribution in [-0.2, 0) is 10.2 Å². The first kappa shape index (κ1) is 20.6. The number of halogens is 2. The molecule has 31 heavy (non-hydrogen) atoms. The van der Waals surface area contributed by atoms with Crippen molar-refractivity contribution in [2.45, 2.75) is 38.6 Å². The molecule has 1 aliphatic rings. The van der Waals surface area contributed by atoms with Crippen LogP contribution in [-0.4, -0.2) is 20.9 Å². The number of pyridine rings is 1. The smallest absolute Gasteiger partial charge is 0.252 e. The summed E-state index contributed by atoms with van der Waals surface area (Å²) in [4.78, 5) is 36.9. The summed E-state index contributed by atoms with van der Waals surface area (Å²) in [6.45, 7) is 5.35. The van der Waals surface area contributed by atoms with Crippen molar-refractivity contribution in [3.05, 3.63) is 69.5 Å². The summed E-state index contributed by atoms with van der Waals surface area (Å²) >= 11 is 0. The van der Waals surface area contributed by atoms with Crippen molar-refractivity contribution in [3.63, 3.8) is 0 Å². The Hall–Kier alpha value is -3.67. The van der Waals surface area contributed by atoms with E-state index in [1.807, 2.05) is 19.9 Å². The van der Waals surface area contributed by atoms with E-state index in [1.54, 1.807) is 6.92 Å². The van der Waals surface area contributed by atoms with E-state index in [0.717, 1.165) is 6.07 Å². The Morgan fingerprint density at radius 1 is 1.29 bits per heavy atom. The molecule has 1 fully saturated rings. The molecule has 4 rings (SSSR count). The van der Waals surface area contributed by atoms with Crippen LogP contribution in [0.3, 0.4) is 0 Å². The molecular weight excluding hydrogens is 404 g/mol. The monoisotopic (exact) mass is 423 g/mol. The second kappa shape index (κ2) is 6.94. The molecule has 2 aromatic heterocycles. The molecule has 2 N–H and O–H groups in total. The molecule has 0 bridgehead atoms. The third-order valence-electron chi connectivity index (χ3n) is 6.03. The fraction of sp³-hybridized carbons (Fsp3) is 0.318. The molecule has 1 aromatic carbocycles. The van der Waals surface area contributed by atoms with Gasteiger partial charge in [0.2, 0.25) is 5.91 Å². The number of amides is 1. The van der Waals surface area contributed by atoms with E-state index in [2.05, 4.69) is 20.3 Å². The van der Waals surface area contributed by atoms with Gasteiger partial charge in [-0.1, -0.05) is 13.8 Å². The molecule has 158 valence electrons. The van der Waals surface area contributed by atoms with Crippen molar-refractivity contribution in [3.8, 4) is 6.07 Å². The Bertz CT molecular complexity index is 1310. The van der Waals surface area contributed by atoms with Gasteiger partial charge in [-0.15, -0.1) is 0 Å². The second-order valence-corrected chi connectivity index (χ2v) is 8.44. The minimum absolute atomic E-state index is 0.0833. The summed E-state index contributed by atoms with van der Waals surface area (Å²) in [7, 11) is 0. The quantitative estimate of drug-likeness (QED) is 0.670. The zero-order valence-corrected chi connectivity index (χ0v) is 17.1. The van der Waals surface area contributed by atoms with Crippen molar-refractivity contribution < 1.29 is 13.6 Å². The van der Waals surface area contributed by atoms with Gasteiger partial charge in [-0.05, 0) is 37.0 Å². The van der Waals surface area contributed by atoms with E-state index in [9.17, 15) is 18.4 Å². The normalized spacial score (nSPS) is 20.1. The van der Waals surface area contributed by atoms with Crippen molar-refractivity contribution in [1.82, 2.24) is 20.3 Å². The largest absolute Gasteiger partial charge is 0.346 e. The lowest BCUT2D eigenvalue weighted by Crippen LogP contribution is -2.42. The van der Waals surface area contributed by atoms with Gasteiger partial charge in [0.25, 0.3) is 5.56 Å². The highest BCUT2D eigenvalue weighted by atomic mass is 19.2. The molecule has 0 saturated heterocycles. The lowest BCUT2D eigenvalue weighted by molar-refractivity contribution is -0.125. The molecule has 1 saturated carbocycles. The maximum Gasteiger partial charge on any atom is 0.252 e. The van der Waals surface area contributed by atoms with Gasteiger partial charge in [-0.2, -0.15) is 5.26 Å². The van der Waals surface area contributed by atoms with Gasteiger partial charge in [0.1, 0.15) is 11.9 Å². The third-order valence-corrected chi connectivity index (χ3v) is 6.03. The highest BCUT2D eigenvalue weighted by molar-refractivity contribution is 5.94. The van der Waals surface area contributed by atoms with Crippen LogP contribution < -0.4 is 10.9 Å². The second-order valence-electron chi connectivity index (χ2n) is 8.44. The zero-order chi connectivity index (χ0) is 22.6. The summed E-state index contributed by atoms with van der Waals surface area (Å²) in [5, 5.41) is 11.6. The number of H-pyrrole nitrogens is 1. The number of carbonyl (C=O) groups excluding carboxylic acids is 1. The number of aromatic amines is 1. The van der Waals surface area contributed by atoms with E-state index in [0.29, 0.717) is 17.8 Å². The molecule has 0 radical (unpaired) electrons. The lowest BCUT2D eigenvalue weighted by Gasteiger charge is -2.23. The lowest BCUT2D eigenvalue weighted by atomic mass is 9.86. The van der Waals surface area contributed by atoms with Crippen molar-refractivity contribution in [1.29, 1.82) is 5.26 Å². The van der Waals surface area contributed by atoms with Gasteiger partial charge in [0, 0.05) is 23.3 Å². The highest BCUT2D eigenvalue weighted by Gasteiger charge is 2.68. The average Bonchev–Trinajstić information content (AvgIpc) is 3.33. The molecule has 0 spiro atoms. The van der Waals surface area contributed by atoms with Crippen LogP contribution in [0.1, 0.15) is 50.2 Å². The minimum atomic E-state index is -1.21. The van der Waals surface area contributed by atoms with Crippen LogP contribution >= 0.6 is 0 Å². The fourth-order valence-electron chi connectivity index (χ4n) is 4.13.